The lowest BCUT2D eigenvalue weighted by Crippen LogP contribution is -2.09. The SMILES string of the molecule is CCCCCCCCCc1c(OC)c(S(=O)(=O)O)c2ccccc2c1CCCCCCCCC. The summed E-state index contributed by atoms with van der Waals surface area (Å²) < 4.78 is 40.7. The summed E-state index contributed by atoms with van der Waals surface area (Å²) in [5, 5.41) is 1.49. The Morgan fingerprint density at radius 3 is 1.59 bits per heavy atom. The second-order valence-corrected chi connectivity index (χ2v) is 10.9. The highest BCUT2D eigenvalue weighted by molar-refractivity contribution is 7.86. The first kappa shape index (κ1) is 28.6. The van der Waals surface area contributed by atoms with Gasteiger partial charge < -0.3 is 4.74 Å². The monoisotopic (exact) mass is 490 g/mol. The third kappa shape index (κ3) is 8.57. The van der Waals surface area contributed by atoms with Crippen LogP contribution in [-0.4, -0.2) is 20.1 Å². The molecule has 2 aromatic carbocycles. The van der Waals surface area contributed by atoms with E-state index in [1.54, 1.807) is 6.07 Å². The summed E-state index contributed by atoms with van der Waals surface area (Å²) in [6, 6.07) is 7.55. The van der Waals surface area contributed by atoms with Crippen LogP contribution in [0.15, 0.2) is 29.2 Å². The molecule has 0 aliphatic carbocycles. The Kier molecular flexibility index (Phi) is 13.0. The van der Waals surface area contributed by atoms with E-state index in [1.165, 1.54) is 83.3 Å². The molecular formula is C29H46O4S. The molecule has 0 spiro atoms. The number of ether oxygens (including phenoxy) is 1. The van der Waals surface area contributed by atoms with Gasteiger partial charge in [0.2, 0.25) is 0 Å². The normalized spacial score (nSPS) is 11.9. The number of hydrogen-bond acceptors (Lipinski definition) is 3. The lowest BCUT2D eigenvalue weighted by molar-refractivity contribution is 0.392. The highest BCUT2D eigenvalue weighted by atomic mass is 32.2. The van der Waals surface area contributed by atoms with Crippen molar-refractivity contribution in [2.45, 2.75) is 121 Å². The minimum Gasteiger partial charge on any atom is -0.495 e. The summed E-state index contributed by atoms with van der Waals surface area (Å²) in [6.45, 7) is 4.47. The Hall–Kier alpha value is -1.59. The molecular weight excluding hydrogens is 444 g/mol. The van der Waals surface area contributed by atoms with Crippen LogP contribution in [0.5, 0.6) is 5.75 Å². The molecule has 0 aliphatic rings. The first-order valence-electron chi connectivity index (χ1n) is 13.5. The number of fused-ring (bicyclic) bond motifs is 1. The predicted octanol–water partition coefficient (Wildman–Crippen LogP) is 8.68. The molecule has 0 fully saturated rings. The van der Waals surface area contributed by atoms with Crippen molar-refractivity contribution in [1.82, 2.24) is 0 Å². The second kappa shape index (κ2) is 15.4. The molecule has 0 saturated heterocycles. The predicted molar refractivity (Wildman–Crippen MR) is 144 cm³/mol. The van der Waals surface area contributed by atoms with Gasteiger partial charge in [0.05, 0.1) is 7.11 Å². The Bertz CT molecular complexity index is 966. The molecule has 34 heavy (non-hydrogen) atoms. The van der Waals surface area contributed by atoms with Gasteiger partial charge >= 0.3 is 0 Å². The molecule has 0 aromatic heterocycles. The average molecular weight is 491 g/mol. The highest BCUT2D eigenvalue weighted by Crippen LogP contribution is 2.40. The van der Waals surface area contributed by atoms with Crippen molar-refractivity contribution in [1.29, 1.82) is 0 Å². The zero-order chi connectivity index (χ0) is 24.8. The summed E-state index contributed by atoms with van der Waals surface area (Å²) in [7, 11) is -2.90. The number of unbranched alkanes of at least 4 members (excludes halogenated alkanes) is 12. The van der Waals surface area contributed by atoms with Gasteiger partial charge in [0.1, 0.15) is 10.6 Å². The van der Waals surface area contributed by atoms with Gasteiger partial charge in [-0.05, 0) is 42.2 Å². The molecule has 0 atom stereocenters. The van der Waals surface area contributed by atoms with Crippen LogP contribution >= 0.6 is 0 Å². The Labute approximate surface area is 208 Å². The minimum atomic E-state index is -4.42. The molecule has 2 aromatic rings. The zero-order valence-corrected chi connectivity index (χ0v) is 22.5. The number of methoxy groups -OCH3 is 1. The van der Waals surface area contributed by atoms with E-state index in [-0.39, 0.29) is 4.90 Å². The van der Waals surface area contributed by atoms with E-state index in [9.17, 15) is 13.0 Å². The highest BCUT2D eigenvalue weighted by Gasteiger charge is 2.26. The van der Waals surface area contributed by atoms with Crippen LogP contribution in [0.2, 0.25) is 0 Å². The van der Waals surface area contributed by atoms with E-state index in [0.29, 0.717) is 11.1 Å². The summed E-state index contributed by atoms with van der Waals surface area (Å²) in [5.74, 6) is 0.338. The van der Waals surface area contributed by atoms with Gasteiger partial charge in [-0.1, -0.05) is 115 Å². The molecule has 0 bridgehead atoms. The summed E-state index contributed by atoms with van der Waals surface area (Å²) in [4.78, 5) is -0.0770. The maximum absolute atomic E-state index is 12.4. The van der Waals surface area contributed by atoms with Crippen molar-refractivity contribution in [3.8, 4) is 5.75 Å². The van der Waals surface area contributed by atoms with Gasteiger partial charge in [0.15, 0.2) is 0 Å². The van der Waals surface area contributed by atoms with Crippen molar-refractivity contribution >= 4 is 20.9 Å². The molecule has 1 N–H and O–H groups in total. The third-order valence-corrected chi connectivity index (χ3v) is 7.79. The molecule has 0 amide bonds. The first-order valence-corrected chi connectivity index (χ1v) is 15.0. The van der Waals surface area contributed by atoms with Gasteiger partial charge in [-0.15, -0.1) is 0 Å². The van der Waals surface area contributed by atoms with Crippen LogP contribution in [0.1, 0.15) is 115 Å². The maximum atomic E-state index is 12.4. The fourth-order valence-corrected chi connectivity index (χ4v) is 5.94. The van der Waals surface area contributed by atoms with E-state index in [1.807, 2.05) is 18.2 Å². The van der Waals surface area contributed by atoms with Crippen molar-refractivity contribution in [2.24, 2.45) is 0 Å². The Morgan fingerprint density at radius 1 is 0.676 bits per heavy atom. The summed E-state index contributed by atoms with van der Waals surface area (Å²) in [5.41, 5.74) is 2.16. The fourth-order valence-electron chi connectivity index (χ4n) is 5.04. The van der Waals surface area contributed by atoms with Crippen LogP contribution in [0.3, 0.4) is 0 Å². The van der Waals surface area contributed by atoms with Crippen molar-refractivity contribution in [2.75, 3.05) is 7.11 Å². The van der Waals surface area contributed by atoms with E-state index in [2.05, 4.69) is 13.8 Å². The smallest absolute Gasteiger partial charge is 0.298 e. The molecule has 192 valence electrons. The summed E-state index contributed by atoms with van der Waals surface area (Å²) in [6.07, 6.45) is 18.7. The Morgan fingerprint density at radius 2 is 1.12 bits per heavy atom. The molecule has 0 heterocycles. The lowest BCUT2D eigenvalue weighted by atomic mass is 9.90. The number of benzene rings is 2. The van der Waals surface area contributed by atoms with Gasteiger partial charge in [0, 0.05) is 5.39 Å². The van der Waals surface area contributed by atoms with Gasteiger partial charge in [-0.3, -0.25) is 4.55 Å². The number of rotatable bonds is 18. The topological polar surface area (TPSA) is 63.6 Å². The van der Waals surface area contributed by atoms with Crippen LogP contribution in [0, 0.1) is 0 Å². The number of hydrogen-bond donors (Lipinski definition) is 1. The van der Waals surface area contributed by atoms with Crippen LogP contribution in [0.25, 0.3) is 10.8 Å². The molecule has 5 heteroatoms. The van der Waals surface area contributed by atoms with Gasteiger partial charge in [-0.25, -0.2) is 0 Å². The molecule has 0 unspecified atom stereocenters. The van der Waals surface area contributed by atoms with Crippen LogP contribution < -0.4 is 4.74 Å². The fraction of sp³-hybridized carbons (Fsp3) is 0.655. The Balaban J connectivity index is 2.30. The van der Waals surface area contributed by atoms with Crippen molar-refractivity contribution in [3.63, 3.8) is 0 Å². The number of aryl methyl sites for hydroxylation is 1. The third-order valence-electron chi connectivity index (χ3n) is 6.86. The first-order chi connectivity index (χ1) is 16.5. The van der Waals surface area contributed by atoms with Gasteiger partial charge in [-0.2, -0.15) is 8.42 Å². The standard InChI is InChI=1S/C29H46O4S/c1-4-6-8-10-12-14-16-20-24-25-21-18-19-23-27(25)29(34(30,31)32)28(33-3)26(24)22-17-15-13-11-9-7-5-2/h18-19,21,23H,4-17,20,22H2,1-3H3,(H,30,31,32). The molecule has 0 aliphatic heterocycles. The average Bonchev–Trinajstić information content (AvgIpc) is 2.82. The van der Waals surface area contributed by atoms with Gasteiger partial charge in [0.25, 0.3) is 10.1 Å². The quantitative estimate of drug-likeness (QED) is 0.168. The molecule has 0 saturated carbocycles. The molecule has 4 nitrogen and oxygen atoms in total. The van der Waals surface area contributed by atoms with E-state index >= 15 is 0 Å². The van der Waals surface area contributed by atoms with E-state index < -0.39 is 10.1 Å². The molecule has 0 radical (unpaired) electrons. The minimum absolute atomic E-state index is 0.0770. The van der Waals surface area contributed by atoms with Crippen LogP contribution in [-0.2, 0) is 23.0 Å². The van der Waals surface area contributed by atoms with Crippen molar-refractivity contribution in [3.05, 3.63) is 35.4 Å². The molecule has 2 rings (SSSR count). The van der Waals surface area contributed by atoms with Crippen molar-refractivity contribution < 1.29 is 17.7 Å². The van der Waals surface area contributed by atoms with Crippen LogP contribution in [0.4, 0.5) is 0 Å². The van der Waals surface area contributed by atoms with E-state index in [0.717, 1.165) is 43.1 Å². The zero-order valence-electron chi connectivity index (χ0n) is 21.7. The largest absolute Gasteiger partial charge is 0.495 e. The summed E-state index contributed by atoms with van der Waals surface area (Å²) >= 11 is 0. The maximum Gasteiger partial charge on any atom is 0.298 e. The second-order valence-electron chi connectivity index (χ2n) is 9.58. The van der Waals surface area contributed by atoms with E-state index in [4.69, 9.17) is 4.74 Å². The lowest BCUT2D eigenvalue weighted by Gasteiger charge is -2.20.